The van der Waals surface area contributed by atoms with Crippen LogP contribution in [0, 0.1) is 35.5 Å². The number of epoxide rings is 2. The number of hydrogen-bond donors (Lipinski definition) is 0. The summed E-state index contributed by atoms with van der Waals surface area (Å²) >= 11 is 0. The van der Waals surface area contributed by atoms with Gasteiger partial charge in [0.15, 0.2) is 11.5 Å². The third-order valence-corrected chi connectivity index (χ3v) is 13.7. The number of rotatable bonds is 8. The number of hydrogen-bond acceptors (Lipinski definition) is 4. The lowest BCUT2D eigenvalue weighted by Crippen LogP contribution is -2.52. The minimum absolute atomic E-state index is 0.0175. The van der Waals surface area contributed by atoms with Gasteiger partial charge < -0.3 is 18.9 Å². The van der Waals surface area contributed by atoms with E-state index >= 15 is 0 Å². The van der Waals surface area contributed by atoms with E-state index in [0.717, 1.165) is 60.2 Å². The van der Waals surface area contributed by atoms with Gasteiger partial charge in [-0.1, -0.05) is 41.5 Å². The first-order valence-electron chi connectivity index (χ1n) is 18.6. The zero-order chi connectivity index (χ0) is 30.2. The molecule has 2 heterocycles. The summed E-state index contributed by atoms with van der Waals surface area (Å²) in [6.07, 6.45) is 17.4. The molecule has 0 spiro atoms. The van der Waals surface area contributed by atoms with Crippen LogP contribution in [0.15, 0.2) is 0 Å². The van der Waals surface area contributed by atoms with Crippen molar-refractivity contribution in [3.8, 4) is 11.5 Å². The van der Waals surface area contributed by atoms with Gasteiger partial charge >= 0.3 is 0 Å². The third-order valence-electron chi connectivity index (χ3n) is 13.7. The molecular weight excluding hydrogens is 544 g/mol. The molecule has 1 aromatic rings. The Balaban J connectivity index is 1.36. The monoisotopic (exact) mass is 602 g/mol. The van der Waals surface area contributed by atoms with Gasteiger partial charge in [-0.05, 0) is 140 Å². The summed E-state index contributed by atoms with van der Waals surface area (Å²) in [5.41, 5.74) is 6.94. The van der Waals surface area contributed by atoms with Gasteiger partial charge in [-0.25, -0.2) is 0 Å². The second kappa shape index (κ2) is 9.65. The van der Waals surface area contributed by atoms with E-state index in [0.29, 0.717) is 13.2 Å². The van der Waals surface area contributed by atoms with E-state index in [1.807, 2.05) is 0 Å². The molecule has 8 aliphatic carbocycles. The fourth-order valence-electron chi connectivity index (χ4n) is 13.0. The molecule has 0 amide bonds. The third kappa shape index (κ3) is 4.72. The van der Waals surface area contributed by atoms with Crippen molar-refractivity contribution in [3.05, 3.63) is 22.3 Å². The van der Waals surface area contributed by atoms with Gasteiger partial charge in [-0.2, -0.15) is 0 Å². The Morgan fingerprint density at radius 1 is 0.523 bits per heavy atom. The molecule has 2 unspecified atom stereocenters. The maximum absolute atomic E-state index is 7.19. The van der Waals surface area contributed by atoms with Crippen LogP contribution in [0.25, 0.3) is 0 Å². The van der Waals surface area contributed by atoms with E-state index in [-0.39, 0.29) is 33.9 Å². The Bertz CT molecular complexity index is 1250. The molecule has 0 N–H and O–H groups in total. The Morgan fingerprint density at radius 3 is 1.20 bits per heavy atom. The predicted octanol–water partition coefficient (Wildman–Crippen LogP) is 8.77. The molecule has 4 heteroatoms. The van der Waals surface area contributed by atoms with Crippen LogP contribution in [0.3, 0.4) is 0 Å². The van der Waals surface area contributed by atoms with Crippen LogP contribution >= 0.6 is 0 Å². The molecule has 10 aliphatic rings. The zero-order valence-corrected chi connectivity index (χ0v) is 28.6. The molecule has 2 atom stereocenters. The quantitative estimate of drug-likeness (QED) is 0.279. The summed E-state index contributed by atoms with van der Waals surface area (Å²) in [6.45, 7) is 17.9. The summed E-state index contributed by atoms with van der Waals surface area (Å²) in [5.74, 6) is 7.55. The van der Waals surface area contributed by atoms with Crippen molar-refractivity contribution in [3.63, 3.8) is 0 Å². The smallest absolute Gasteiger partial charge is 0.165 e. The Hall–Kier alpha value is -1.26. The highest BCUT2D eigenvalue weighted by atomic mass is 16.6. The first kappa shape index (κ1) is 28.9. The number of benzene rings is 1. The Kier molecular flexibility index (Phi) is 6.34. The predicted molar refractivity (Wildman–Crippen MR) is 174 cm³/mol. The van der Waals surface area contributed by atoms with Crippen molar-refractivity contribution in [2.75, 3.05) is 26.4 Å². The molecule has 8 bridgehead atoms. The van der Waals surface area contributed by atoms with Gasteiger partial charge in [0.05, 0.1) is 13.2 Å². The second-order valence-corrected chi connectivity index (χ2v) is 19.6. The highest BCUT2D eigenvalue weighted by Gasteiger charge is 2.59. The average molecular weight is 603 g/mol. The van der Waals surface area contributed by atoms with Crippen LogP contribution in [-0.2, 0) is 31.1 Å². The largest absolute Gasteiger partial charge is 0.487 e. The van der Waals surface area contributed by atoms with E-state index < -0.39 is 0 Å². The molecule has 10 fully saturated rings. The summed E-state index contributed by atoms with van der Waals surface area (Å²) in [5, 5.41) is 0. The Morgan fingerprint density at radius 2 is 0.864 bits per heavy atom. The van der Waals surface area contributed by atoms with Crippen molar-refractivity contribution < 1.29 is 18.9 Å². The summed E-state index contributed by atoms with van der Waals surface area (Å²) in [7, 11) is 0. The summed E-state index contributed by atoms with van der Waals surface area (Å²) < 4.78 is 25.9. The lowest BCUT2D eigenvalue weighted by Gasteiger charge is -2.61. The molecule has 0 aromatic heterocycles. The maximum atomic E-state index is 7.19. The van der Waals surface area contributed by atoms with Gasteiger partial charge in [-0.15, -0.1) is 0 Å². The van der Waals surface area contributed by atoms with E-state index in [2.05, 4.69) is 41.5 Å². The second-order valence-electron chi connectivity index (χ2n) is 19.6. The SMILES string of the molecule is CC(C)(C)c1c(OCC2CO2)c(OCC2CO2)c(C23CC4CC(CC(C4)C2)C3)c(C(C)(C)C)c1C12CC3CC(CC(C3)C1)C2. The van der Waals surface area contributed by atoms with E-state index in [9.17, 15) is 0 Å². The molecule has 0 radical (unpaired) electrons. The van der Waals surface area contributed by atoms with E-state index in [1.54, 1.807) is 16.7 Å². The van der Waals surface area contributed by atoms with Crippen LogP contribution in [-0.4, -0.2) is 38.6 Å². The van der Waals surface area contributed by atoms with Crippen LogP contribution < -0.4 is 9.47 Å². The first-order chi connectivity index (χ1) is 20.9. The van der Waals surface area contributed by atoms with Crippen molar-refractivity contribution in [1.29, 1.82) is 0 Å². The topological polar surface area (TPSA) is 43.5 Å². The van der Waals surface area contributed by atoms with Crippen LogP contribution in [0.1, 0.15) is 141 Å². The van der Waals surface area contributed by atoms with Crippen LogP contribution in [0.2, 0.25) is 0 Å². The van der Waals surface area contributed by atoms with Crippen LogP contribution in [0.4, 0.5) is 0 Å². The highest BCUT2D eigenvalue weighted by molar-refractivity contribution is 5.68. The molecule has 1 aromatic carbocycles. The van der Waals surface area contributed by atoms with Crippen molar-refractivity contribution in [2.24, 2.45) is 35.5 Å². The molecule has 2 aliphatic heterocycles. The normalized spacial score (nSPS) is 43.0. The van der Waals surface area contributed by atoms with E-state index in [4.69, 9.17) is 18.9 Å². The average Bonchev–Trinajstić information content (AvgIpc) is 3.83. The molecule has 242 valence electrons. The zero-order valence-electron chi connectivity index (χ0n) is 28.6. The minimum Gasteiger partial charge on any atom is -0.487 e. The summed E-state index contributed by atoms with van der Waals surface area (Å²) in [4.78, 5) is 0. The van der Waals surface area contributed by atoms with Gasteiger partial charge in [0, 0.05) is 16.5 Å². The summed E-state index contributed by atoms with van der Waals surface area (Å²) in [6, 6.07) is 0. The lowest BCUT2D eigenvalue weighted by molar-refractivity contribution is -0.0116. The van der Waals surface area contributed by atoms with Crippen molar-refractivity contribution in [2.45, 2.75) is 152 Å². The van der Waals surface area contributed by atoms with Gasteiger partial charge in [0.25, 0.3) is 0 Å². The first-order valence-corrected chi connectivity index (χ1v) is 18.6. The fourth-order valence-corrected chi connectivity index (χ4v) is 13.0. The molecule has 2 saturated heterocycles. The standard InChI is InChI=1S/C40H58O4/c1-37(2,3)31-32(39-13-23-7-24(14-39)9-25(8-23)15-39)33(38(4,5)6)35(43-21-29-19-41-29)36(44-22-30-20-42-30)34(31)40-16-26-10-27(17-40)12-28(11-26)18-40/h23-30H,7-22H2,1-6H3. The van der Waals surface area contributed by atoms with Crippen LogP contribution in [0.5, 0.6) is 11.5 Å². The van der Waals surface area contributed by atoms with Gasteiger partial charge in [0.1, 0.15) is 25.4 Å². The minimum atomic E-state index is -0.0629. The van der Waals surface area contributed by atoms with E-state index in [1.165, 1.54) is 82.6 Å². The van der Waals surface area contributed by atoms with Crippen molar-refractivity contribution in [1.82, 2.24) is 0 Å². The lowest BCUT2D eigenvalue weighted by atomic mass is 9.44. The highest BCUT2D eigenvalue weighted by Crippen LogP contribution is 2.69. The Labute approximate surface area is 266 Å². The maximum Gasteiger partial charge on any atom is 0.165 e. The van der Waals surface area contributed by atoms with Gasteiger partial charge in [-0.3, -0.25) is 0 Å². The fraction of sp³-hybridized carbons (Fsp3) is 0.850. The van der Waals surface area contributed by atoms with Crippen molar-refractivity contribution >= 4 is 0 Å². The molecule has 44 heavy (non-hydrogen) atoms. The molecular formula is C40H58O4. The number of ether oxygens (including phenoxy) is 4. The molecule has 4 nitrogen and oxygen atoms in total. The molecule has 8 saturated carbocycles. The molecule has 11 rings (SSSR count). The van der Waals surface area contributed by atoms with Gasteiger partial charge in [0.2, 0.25) is 0 Å².